The normalized spacial score (nSPS) is 16.5. The van der Waals surface area contributed by atoms with Gasteiger partial charge < -0.3 is 4.42 Å². The fraction of sp³-hybridized carbons (Fsp3) is 0.294. The number of aromatic nitrogens is 2. The summed E-state index contributed by atoms with van der Waals surface area (Å²) in [5.74, 6) is -0.233. The molecule has 3 heterocycles. The maximum atomic E-state index is 12.7. The van der Waals surface area contributed by atoms with Crippen LogP contribution in [0.5, 0.6) is 0 Å². The van der Waals surface area contributed by atoms with E-state index in [1.54, 1.807) is 12.1 Å². The molecule has 3 aromatic rings. The van der Waals surface area contributed by atoms with Crippen LogP contribution >= 0.6 is 22.9 Å². The minimum absolute atomic E-state index is 0.221. The smallest absolute Gasteiger partial charge is 0.387 e. The van der Waals surface area contributed by atoms with Gasteiger partial charge in [0.2, 0.25) is 10.0 Å². The highest BCUT2D eigenvalue weighted by molar-refractivity contribution is 7.89. The molecule has 1 saturated heterocycles. The van der Waals surface area contributed by atoms with E-state index < -0.39 is 15.8 Å². The maximum absolute atomic E-state index is 12.7. The van der Waals surface area contributed by atoms with E-state index in [0.717, 1.165) is 4.88 Å². The van der Waals surface area contributed by atoms with Crippen molar-refractivity contribution < 1.29 is 12.8 Å². The average molecular weight is 441 g/mol. The van der Waals surface area contributed by atoms with Crippen LogP contribution in [0.25, 0.3) is 10.8 Å². The van der Waals surface area contributed by atoms with Crippen LogP contribution in [0.1, 0.15) is 0 Å². The van der Waals surface area contributed by atoms with E-state index in [0.29, 0.717) is 37.1 Å². The summed E-state index contributed by atoms with van der Waals surface area (Å²) in [5.41, 5.74) is 0. The Kier molecular flexibility index (Phi) is 5.39. The Morgan fingerprint density at radius 3 is 2.46 bits per heavy atom. The molecule has 11 heteroatoms. The molecule has 1 fully saturated rings. The molecule has 4 rings (SSSR count). The Hall–Kier alpha value is -1.98. The molecule has 1 aliphatic rings. The Morgan fingerprint density at radius 2 is 1.82 bits per heavy atom. The van der Waals surface area contributed by atoms with Crippen molar-refractivity contribution in [3.05, 3.63) is 57.4 Å². The Morgan fingerprint density at radius 1 is 1.11 bits per heavy atom. The summed E-state index contributed by atoms with van der Waals surface area (Å²) < 4.78 is 33.4. The highest BCUT2D eigenvalue weighted by atomic mass is 35.5. The first-order chi connectivity index (χ1) is 13.4. The van der Waals surface area contributed by atoms with Crippen molar-refractivity contribution in [2.75, 3.05) is 26.2 Å². The molecule has 8 nitrogen and oxygen atoms in total. The number of piperazine rings is 1. The van der Waals surface area contributed by atoms with E-state index in [-0.39, 0.29) is 11.6 Å². The molecule has 0 unspecified atom stereocenters. The fourth-order valence-corrected chi connectivity index (χ4v) is 5.14. The molecular formula is C17H17ClN4O4S2. The molecule has 0 amide bonds. The number of nitrogens with zero attached hydrogens (tertiary/aromatic N) is 4. The predicted molar refractivity (Wildman–Crippen MR) is 106 cm³/mol. The lowest BCUT2D eigenvalue weighted by Gasteiger charge is -2.33. The van der Waals surface area contributed by atoms with Crippen LogP contribution in [0.4, 0.5) is 0 Å². The van der Waals surface area contributed by atoms with Crippen molar-refractivity contribution in [3.8, 4) is 10.8 Å². The molecule has 0 N–H and O–H groups in total. The Balaban J connectivity index is 1.41. The monoisotopic (exact) mass is 440 g/mol. The molecule has 28 heavy (non-hydrogen) atoms. The quantitative estimate of drug-likeness (QED) is 0.604. The van der Waals surface area contributed by atoms with Crippen molar-refractivity contribution >= 4 is 33.0 Å². The zero-order chi connectivity index (χ0) is 19.7. The summed E-state index contributed by atoms with van der Waals surface area (Å²) in [5, 5.41) is 6.61. The van der Waals surface area contributed by atoms with Crippen LogP contribution in [-0.4, -0.2) is 53.6 Å². The number of sulfonamides is 1. The maximum Gasteiger partial charge on any atom is 0.438 e. The van der Waals surface area contributed by atoms with Gasteiger partial charge in [0.05, 0.1) is 9.77 Å². The second-order valence-electron chi connectivity index (χ2n) is 6.27. The van der Waals surface area contributed by atoms with Crippen molar-refractivity contribution in [1.29, 1.82) is 0 Å². The molecular weight excluding hydrogens is 424 g/mol. The lowest BCUT2D eigenvalue weighted by Crippen LogP contribution is -2.49. The standard InChI is InChI=1S/C17H17ClN4O4S2/c18-13-3-5-14(6-4-13)28(24,25)21-9-7-20(8-10-21)12-22-17(23)26-16(19-22)15-2-1-11-27-15/h1-6,11H,7-10,12H2. The number of rotatable bonds is 5. The van der Waals surface area contributed by atoms with E-state index in [4.69, 9.17) is 16.0 Å². The molecule has 1 aromatic carbocycles. The van der Waals surface area contributed by atoms with Gasteiger partial charge in [0.1, 0.15) is 6.67 Å². The lowest BCUT2D eigenvalue weighted by atomic mass is 10.4. The fourth-order valence-electron chi connectivity index (χ4n) is 2.95. The molecule has 2 aromatic heterocycles. The van der Waals surface area contributed by atoms with Gasteiger partial charge in [-0.1, -0.05) is 17.7 Å². The molecule has 1 aliphatic heterocycles. The topological polar surface area (TPSA) is 88.7 Å². The van der Waals surface area contributed by atoms with E-state index in [1.165, 1.54) is 32.5 Å². The number of halogens is 1. The molecule has 0 spiro atoms. The molecule has 0 aliphatic carbocycles. The third-order valence-corrected chi connectivity index (χ3v) is 7.48. The third-order valence-electron chi connectivity index (χ3n) is 4.45. The van der Waals surface area contributed by atoms with Crippen molar-refractivity contribution in [2.45, 2.75) is 11.6 Å². The van der Waals surface area contributed by atoms with Gasteiger partial charge in [-0.2, -0.15) is 8.99 Å². The molecule has 0 radical (unpaired) electrons. The van der Waals surface area contributed by atoms with Gasteiger partial charge in [0.15, 0.2) is 0 Å². The van der Waals surface area contributed by atoms with Crippen LogP contribution in [0, 0.1) is 0 Å². The van der Waals surface area contributed by atoms with E-state index in [1.807, 2.05) is 22.4 Å². The average Bonchev–Trinajstić information content (AvgIpc) is 3.33. The van der Waals surface area contributed by atoms with Gasteiger partial charge in [0.25, 0.3) is 5.89 Å². The first-order valence-corrected chi connectivity index (χ1v) is 11.2. The van der Waals surface area contributed by atoms with E-state index in [9.17, 15) is 13.2 Å². The SMILES string of the molecule is O=c1oc(-c2cccs2)nn1CN1CCN(S(=O)(=O)c2ccc(Cl)cc2)CC1. The zero-order valence-corrected chi connectivity index (χ0v) is 17.1. The van der Waals surface area contributed by atoms with Gasteiger partial charge in [-0.05, 0) is 35.7 Å². The van der Waals surface area contributed by atoms with Crippen LogP contribution in [0.3, 0.4) is 0 Å². The van der Waals surface area contributed by atoms with Crippen molar-refractivity contribution in [3.63, 3.8) is 0 Å². The highest BCUT2D eigenvalue weighted by Crippen LogP contribution is 2.22. The first kappa shape index (κ1) is 19.3. The van der Waals surface area contributed by atoms with E-state index in [2.05, 4.69) is 5.10 Å². The van der Waals surface area contributed by atoms with Gasteiger partial charge >= 0.3 is 5.76 Å². The van der Waals surface area contributed by atoms with Crippen LogP contribution in [0.15, 0.2) is 55.9 Å². The summed E-state index contributed by atoms with van der Waals surface area (Å²) in [7, 11) is -3.56. The second-order valence-corrected chi connectivity index (χ2v) is 9.59. The summed E-state index contributed by atoms with van der Waals surface area (Å²) in [6, 6.07) is 9.83. The summed E-state index contributed by atoms with van der Waals surface area (Å²) in [6.45, 7) is 1.88. The lowest BCUT2D eigenvalue weighted by molar-refractivity contribution is 0.142. The summed E-state index contributed by atoms with van der Waals surface area (Å²) in [4.78, 5) is 15.0. The Bertz CT molecular complexity index is 1100. The van der Waals surface area contributed by atoms with Crippen molar-refractivity contribution in [1.82, 2.24) is 19.0 Å². The molecule has 0 bridgehead atoms. The third kappa shape index (κ3) is 3.91. The largest absolute Gasteiger partial charge is 0.438 e. The van der Waals surface area contributed by atoms with Gasteiger partial charge in [-0.3, -0.25) is 4.90 Å². The molecule has 0 saturated carbocycles. The highest BCUT2D eigenvalue weighted by Gasteiger charge is 2.29. The summed E-state index contributed by atoms with van der Waals surface area (Å²) >= 11 is 7.28. The minimum Gasteiger partial charge on any atom is -0.387 e. The van der Waals surface area contributed by atoms with Crippen molar-refractivity contribution in [2.24, 2.45) is 0 Å². The van der Waals surface area contributed by atoms with Gasteiger partial charge in [0, 0.05) is 31.2 Å². The van der Waals surface area contributed by atoms with Crippen LogP contribution in [0.2, 0.25) is 5.02 Å². The number of hydrogen-bond donors (Lipinski definition) is 0. The number of benzene rings is 1. The second kappa shape index (κ2) is 7.80. The molecule has 148 valence electrons. The van der Waals surface area contributed by atoms with Crippen LogP contribution < -0.4 is 5.76 Å². The zero-order valence-electron chi connectivity index (χ0n) is 14.7. The first-order valence-electron chi connectivity index (χ1n) is 8.53. The molecule has 0 atom stereocenters. The minimum atomic E-state index is -3.56. The predicted octanol–water partition coefficient (Wildman–Crippen LogP) is 2.18. The van der Waals surface area contributed by atoms with E-state index >= 15 is 0 Å². The van der Waals surface area contributed by atoms with Gasteiger partial charge in [-0.15, -0.1) is 16.4 Å². The number of thiophene rings is 1. The summed E-state index contributed by atoms with van der Waals surface area (Å²) in [6.07, 6.45) is 0. The number of hydrogen-bond acceptors (Lipinski definition) is 7. The van der Waals surface area contributed by atoms with Crippen LogP contribution in [-0.2, 0) is 16.7 Å². The Labute approximate surface area is 170 Å². The van der Waals surface area contributed by atoms with Gasteiger partial charge in [-0.25, -0.2) is 13.2 Å².